The van der Waals surface area contributed by atoms with Crippen LogP contribution < -0.4 is 10.1 Å². The molecular formula is C15H20N2O8. The van der Waals surface area contributed by atoms with Gasteiger partial charge in [-0.15, -0.1) is 0 Å². The molecular weight excluding hydrogens is 336 g/mol. The molecule has 1 rings (SSSR count). The number of carboxylic acid groups (broad SMARTS) is 1. The number of nitro groups is 1. The summed E-state index contributed by atoms with van der Waals surface area (Å²) in [5.74, 6) is -2.01. The number of benzene rings is 1. The van der Waals surface area contributed by atoms with Crippen LogP contribution in [0.3, 0.4) is 0 Å². The highest BCUT2D eigenvalue weighted by Crippen LogP contribution is 2.35. The maximum Gasteiger partial charge on any atom is 0.408 e. The van der Waals surface area contributed by atoms with Crippen LogP contribution in [0.2, 0.25) is 0 Å². The van der Waals surface area contributed by atoms with E-state index >= 15 is 0 Å². The molecule has 0 aromatic heterocycles. The van der Waals surface area contributed by atoms with E-state index < -0.39 is 40.8 Å². The molecule has 0 fully saturated rings. The number of phenolic OH excluding ortho intramolecular Hbond substituents is 1. The molecule has 25 heavy (non-hydrogen) atoms. The molecule has 0 bridgehead atoms. The van der Waals surface area contributed by atoms with Crippen LogP contribution in [0.15, 0.2) is 12.1 Å². The van der Waals surface area contributed by atoms with E-state index in [9.17, 15) is 29.9 Å². The second-order valence-electron chi connectivity index (χ2n) is 6.15. The van der Waals surface area contributed by atoms with Crippen LogP contribution in [0.5, 0.6) is 11.5 Å². The van der Waals surface area contributed by atoms with Gasteiger partial charge in [0.05, 0.1) is 18.1 Å². The molecule has 1 atom stereocenters. The highest BCUT2D eigenvalue weighted by Gasteiger charge is 2.27. The summed E-state index contributed by atoms with van der Waals surface area (Å²) >= 11 is 0. The van der Waals surface area contributed by atoms with Crippen molar-refractivity contribution >= 4 is 17.7 Å². The lowest BCUT2D eigenvalue weighted by atomic mass is 10.0. The van der Waals surface area contributed by atoms with Crippen molar-refractivity contribution in [2.24, 2.45) is 0 Å². The van der Waals surface area contributed by atoms with E-state index in [-0.39, 0.29) is 17.0 Å². The molecule has 1 amide bonds. The fraction of sp³-hybridized carbons (Fsp3) is 0.467. The highest BCUT2D eigenvalue weighted by molar-refractivity contribution is 5.80. The number of alkyl carbamates (subject to hydrolysis) is 1. The summed E-state index contributed by atoms with van der Waals surface area (Å²) in [4.78, 5) is 33.4. The topological polar surface area (TPSA) is 148 Å². The van der Waals surface area contributed by atoms with Crippen molar-refractivity contribution in [1.82, 2.24) is 5.32 Å². The molecule has 0 heterocycles. The van der Waals surface area contributed by atoms with Gasteiger partial charge in [0, 0.05) is 18.1 Å². The Labute approximate surface area is 143 Å². The quantitative estimate of drug-likeness (QED) is 0.516. The smallest absolute Gasteiger partial charge is 0.408 e. The Morgan fingerprint density at radius 3 is 2.40 bits per heavy atom. The summed E-state index contributed by atoms with van der Waals surface area (Å²) in [6.45, 7) is 4.83. The Kier molecular flexibility index (Phi) is 6.15. The first kappa shape index (κ1) is 20.0. The van der Waals surface area contributed by atoms with E-state index in [1.54, 1.807) is 20.8 Å². The van der Waals surface area contributed by atoms with E-state index in [4.69, 9.17) is 9.47 Å². The number of carboxylic acids is 1. The molecule has 10 heteroatoms. The molecule has 10 nitrogen and oxygen atoms in total. The van der Waals surface area contributed by atoms with Gasteiger partial charge >= 0.3 is 12.1 Å². The number of nitrogens with one attached hydrogen (secondary N) is 1. The lowest BCUT2D eigenvalue weighted by molar-refractivity contribution is -0.385. The number of rotatable bonds is 6. The summed E-state index contributed by atoms with van der Waals surface area (Å²) in [5, 5.41) is 32.4. The maximum absolute atomic E-state index is 11.8. The van der Waals surface area contributed by atoms with Crippen molar-refractivity contribution in [2.45, 2.75) is 38.8 Å². The van der Waals surface area contributed by atoms with Gasteiger partial charge in [-0.3, -0.25) is 10.1 Å². The number of ether oxygens (including phenoxy) is 2. The summed E-state index contributed by atoms with van der Waals surface area (Å²) in [7, 11) is 1.20. The molecule has 1 aromatic carbocycles. The molecule has 0 saturated heterocycles. The number of nitro benzene ring substituents is 1. The Balaban J connectivity index is 3.10. The van der Waals surface area contributed by atoms with Crippen molar-refractivity contribution in [3.05, 3.63) is 27.8 Å². The van der Waals surface area contributed by atoms with Crippen LogP contribution >= 0.6 is 0 Å². The van der Waals surface area contributed by atoms with E-state index in [0.29, 0.717) is 0 Å². The monoisotopic (exact) mass is 356 g/mol. The van der Waals surface area contributed by atoms with Gasteiger partial charge in [0.2, 0.25) is 0 Å². The minimum Gasteiger partial charge on any atom is -0.504 e. The second-order valence-corrected chi connectivity index (χ2v) is 6.15. The number of methoxy groups -OCH3 is 1. The molecule has 138 valence electrons. The van der Waals surface area contributed by atoms with Crippen LogP contribution in [0, 0.1) is 10.1 Å². The van der Waals surface area contributed by atoms with Gasteiger partial charge in [0.15, 0.2) is 11.5 Å². The van der Waals surface area contributed by atoms with Gasteiger partial charge in [0.25, 0.3) is 5.69 Å². The highest BCUT2D eigenvalue weighted by atomic mass is 16.6. The third kappa shape index (κ3) is 5.83. The van der Waals surface area contributed by atoms with E-state index in [0.717, 1.165) is 12.1 Å². The lowest BCUT2D eigenvalue weighted by Gasteiger charge is -2.22. The first-order valence-corrected chi connectivity index (χ1v) is 7.21. The lowest BCUT2D eigenvalue weighted by Crippen LogP contribution is -2.44. The fourth-order valence-corrected chi connectivity index (χ4v) is 1.94. The minimum absolute atomic E-state index is 0.0606. The van der Waals surface area contributed by atoms with Crippen molar-refractivity contribution in [3.8, 4) is 11.5 Å². The number of non-ortho nitro benzene ring substituents is 1. The Morgan fingerprint density at radius 2 is 1.96 bits per heavy atom. The Morgan fingerprint density at radius 1 is 1.36 bits per heavy atom. The summed E-state index contributed by atoms with van der Waals surface area (Å²) in [6.07, 6.45) is -1.37. The van der Waals surface area contributed by atoms with Crippen LogP contribution in [-0.2, 0) is 16.0 Å². The third-order valence-corrected chi connectivity index (χ3v) is 2.98. The van der Waals surface area contributed by atoms with Gasteiger partial charge in [-0.05, 0) is 20.8 Å². The largest absolute Gasteiger partial charge is 0.504 e. The first-order chi connectivity index (χ1) is 11.4. The number of phenols is 1. The number of aliphatic carboxylic acids is 1. The minimum atomic E-state index is -1.47. The zero-order chi connectivity index (χ0) is 19.4. The third-order valence-electron chi connectivity index (χ3n) is 2.98. The van der Waals surface area contributed by atoms with Gasteiger partial charge in [0.1, 0.15) is 11.6 Å². The standard InChI is InChI=1S/C15H20N2O8/c1-15(2,3)25-14(21)16-10(13(19)20)6-8-5-9(17(22)23)7-11(24-4)12(8)18/h5,7,10,18H,6H2,1-4H3,(H,16,21)(H,19,20). The zero-order valence-electron chi connectivity index (χ0n) is 14.2. The number of amides is 1. The Hall–Kier alpha value is -3.04. The van der Waals surface area contributed by atoms with Crippen molar-refractivity contribution < 1.29 is 34.2 Å². The van der Waals surface area contributed by atoms with E-state index in [2.05, 4.69) is 5.32 Å². The number of nitrogens with zero attached hydrogens (tertiary/aromatic N) is 1. The molecule has 0 aliphatic heterocycles. The van der Waals surface area contributed by atoms with Crippen LogP contribution in [0.4, 0.5) is 10.5 Å². The summed E-state index contributed by atoms with van der Waals surface area (Å²) < 4.78 is 9.84. The maximum atomic E-state index is 11.8. The molecule has 0 aliphatic carbocycles. The first-order valence-electron chi connectivity index (χ1n) is 7.21. The predicted molar refractivity (Wildman–Crippen MR) is 85.8 cm³/mol. The van der Waals surface area contributed by atoms with Crippen LogP contribution in [0.25, 0.3) is 0 Å². The predicted octanol–water partition coefficient (Wildman–Crippen LogP) is 1.83. The van der Waals surface area contributed by atoms with Gasteiger partial charge in [-0.2, -0.15) is 0 Å². The normalized spacial score (nSPS) is 12.2. The number of hydrogen-bond acceptors (Lipinski definition) is 7. The molecule has 0 aliphatic rings. The molecule has 1 unspecified atom stereocenters. The van der Waals surface area contributed by atoms with Gasteiger partial charge < -0.3 is 25.0 Å². The fourth-order valence-electron chi connectivity index (χ4n) is 1.94. The number of carbonyl (C=O) groups is 2. The second kappa shape index (κ2) is 7.69. The van der Waals surface area contributed by atoms with Crippen molar-refractivity contribution in [1.29, 1.82) is 0 Å². The average molecular weight is 356 g/mol. The van der Waals surface area contributed by atoms with E-state index in [1.807, 2.05) is 0 Å². The number of hydrogen-bond donors (Lipinski definition) is 3. The van der Waals surface area contributed by atoms with Crippen molar-refractivity contribution in [3.63, 3.8) is 0 Å². The van der Waals surface area contributed by atoms with Gasteiger partial charge in [-0.1, -0.05) is 0 Å². The summed E-state index contributed by atoms with van der Waals surface area (Å²) in [6, 6.07) is 0.563. The van der Waals surface area contributed by atoms with Crippen molar-refractivity contribution in [2.75, 3.05) is 7.11 Å². The SMILES string of the molecule is COc1cc([N+](=O)[O-])cc(CC(NC(=O)OC(C)(C)C)C(=O)O)c1O. The molecule has 1 aromatic rings. The number of aromatic hydroxyl groups is 1. The zero-order valence-corrected chi connectivity index (χ0v) is 14.2. The van der Waals surface area contributed by atoms with Crippen LogP contribution in [0.1, 0.15) is 26.3 Å². The molecule has 0 radical (unpaired) electrons. The number of carbonyl (C=O) groups excluding carboxylic acids is 1. The Bertz CT molecular complexity index is 681. The molecule has 0 spiro atoms. The average Bonchev–Trinajstić information content (AvgIpc) is 2.46. The molecule has 0 saturated carbocycles. The van der Waals surface area contributed by atoms with Gasteiger partial charge in [-0.25, -0.2) is 9.59 Å². The molecule has 3 N–H and O–H groups in total. The van der Waals surface area contributed by atoms with Crippen LogP contribution in [-0.4, -0.2) is 46.0 Å². The summed E-state index contributed by atoms with van der Waals surface area (Å²) in [5.41, 5.74) is -1.27. The van der Waals surface area contributed by atoms with E-state index in [1.165, 1.54) is 7.11 Å².